The average Bonchev–Trinajstić information content (AvgIpc) is 3.07. The lowest BCUT2D eigenvalue weighted by Crippen LogP contribution is -2.51. The molecule has 138 valence electrons. The fourth-order valence-corrected chi connectivity index (χ4v) is 4.03. The molecule has 0 unspecified atom stereocenters. The van der Waals surface area contributed by atoms with Crippen LogP contribution < -0.4 is 5.73 Å². The first-order valence-corrected chi connectivity index (χ1v) is 9.45. The van der Waals surface area contributed by atoms with Gasteiger partial charge >= 0.3 is 5.97 Å². The molecule has 1 aliphatic rings. The SMILES string of the molecule is NC(=O)[C@@H]1CCCCN1C(=O)COC(=O)CCc1nc2ccccc2s1. The van der Waals surface area contributed by atoms with Crippen LogP contribution in [0, 0.1) is 0 Å². The Hall–Kier alpha value is -2.48. The number of fused-ring (bicyclic) bond motifs is 1. The van der Waals surface area contributed by atoms with Crippen LogP contribution in [0.1, 0.15) is 30.7 Å². The third-order valence-electron chi connectivity index (χ3n) is 4.39. The van der Waals surface area contributed by atoms with Gasteiger partial charge in [0, 0.05) is 13.0 Å². The summed E-state index contributed by atoms with van der Waals surface area (Å²) < 4.78 is 6.15. The maximum Gasteiger partial charge on any atom is 0.306 e. The second-order valence-electron chi connectivity index (χ2n) is 6.24. The number of amides is 2. The van der Waals surface area contributed by atoms with Crippen LogP contribution in [-0.4, -0.2) is 46.9 Å². The van der Waals surface area contributed by atoms with Crippen molar-refractivity contribution in [2.24, 2.45) is 5.73 Å². The summed E-state index contributed by atoms with van der Waals surface area (Å²) in [4.78, 5) is 41.5. The van der Waals surface area contributed by atoms with Gasteiger partial charge in [-0.1, -0.05) is 12.1 Å². The number of aromatic nitrogens is 1. The largest absolute Gasteiger partial charge is 0.456 e. The van der Waals surface area contributed by atoms with Gasteiger partial charge in [0.25, 0.3) is 5.91 Å². The molecule has 0 aliphatic carbocycles. The molecule has 7 nitrogen and oxygen atoms in total. The molecule has 0 bridgehead atoms. The maximum absolute atomic E-state index is 12.2. The van der Waals surface area contributed by atoms with E-state index in [2.05, 4.69) is 4.98 Å². The van der Waals surface area contributed by atoms with Crippen molar-refractivity contribution in [2.45, 2.75) is 38.1 Å². The Morgan fingerprint density at radius 1 is 1.27 bits per heavy atom. The minimum Gasteiger partial charge on any atom is -0.456 e. The van der Waals surface area contributed by atoms with Gasteiger partial charge < -0.3 is 15.4 Å². The van der Waals surface area contributed by atoms with Crippen LogP contribution in [0.3, 0.4) is 0 Å². The van der Waals surface area contributed by atoms with Crippen LogP contribution in [-0.2, 0) is 25.5 Å². The topological polar surface area (TPSA) is 103 Å². The number of para-hydroxylation sites is 1. The summed E-state index contributed by atoms with van der Waals surface area (Å²) in [6.45, 7) is 0.109. The van der Waals surface area contributed by atoms with Crippen LogP contribution in [0.25, 0.3) is 10.2 Å². The van der Waals surface area contributed by atoms with E-state index in [0.29, 0.717) is 19.4 Å². The molecule has 1 aromatic carbocycles. The van der Waals surface area contributed by atoms with E-state index >= 15 is 0 Å². The van der Waals surface area contributed by atoms with Crippen molar-refractivity contribution in [3.63, 3.8) is 0 Å². The van der Waals surface area contributed by atoms with Gasteiger partial charge in [-0.3, -0.25) is 14.4 Å². The minimum absolute atomic E-state index is 0.159. The zero-order chi connectivity index (χ0) is 18.5. The van der Waals surface area contributed by atoms with E-state index in [-0.39, 0.29) is 18.9 Å². The van der Waals surface area contributed by atoms with Gasteiger partial charge in [-0.2, -0.15) is 0 Å². The predicted octanol–water partition coefficient (Wildman–Crippen LogP) is 1.64. The van der Waals surface area contributed by atoms with Crippen molar-refractivity contribution in [3.8, 4) is 0 Å². The first-order chi connectivity index (χ1) is 12.5. The fourth-order valence-electron chi connectivity index (χ4n) is 3.06. The van der Waals surface area contributed by atoms with E-state index < -0.39 is 17.9 Å². The van der Waals surface area contributed by atoms with E-state index in [9.17, 15) is 14.4 Å². The average molecular weight is 375 g/mol. The van der Waals surface area contributed by atoms with Crippen molar-refractivity contribution in [3.05, 3.63) is 29.3 Å². The molecule has 1 aromatic heterocycles. The van der Waals surface area contributed by atoms with E-state index in [4.69, 9.17) is 10.5 Å². The van der Waals surface area contributed by atoms with Gasteiger partial charge in [-0.05, 0) is 31.4 Å². The van der Waals surface area contributed by atoms with Crippen molar-refractivity contribution in [2.75, 3.05) is 13.2 Å². The molecule has 1 atom stereocenters. The van der Waals surface area contributed by atoms with Gasteiger partial charge in [0.1, 0.15) is 6.04 Å². The summed E-state index contributed by atoms with van der Waals surface area (Å²) in [6.07, 6.45) is 2.87. The molecule has 2 amide bonds. The zero-order valence-corrected chi connectivity index (χ0v) is 15.2. The van der Waals surface area contributed by atoms with E-state index in [1.165, 1.54) is 4.90 Å². The quantitative estimate of drug-likeness (QED) is 0.773. The third-order valence-corrected chi connectivity index (χ3v) is 5.49. The fraction of sp³-hybridized carbons (Fsp3) is 0.444. The first-order valence-electron chi connectivity index (χ1n) is 8.63. The molecule has 3 rings (SSSR count). The number of carbonyl (C=O) groups is 3. The molecule has 2 N–H and O–H groups in total. The van der Waals surface area contributed by atoms with Gasteiger partial charge in [-0.15, -0.1) is 11.3 Å². The number of piperidine rings is 1. The standard InChI is InChI=1S/C18H21N3O4S/c19-18(24)13-6-3-4-10-21(13)16(22)11-25-17(23)9-8-15-20-12-5-1-2-7-14(12)26-15/h1-2,5,7,13H,3-4,6,8-11H2,(H2,19,24)/t13-/m0/s1. The Kier molecular flexibility index (Phi) is 5.82. The Morgan fingerprint density at radius 3 is 2.85 bits per heavy atom. The molecule has 26 heavy (non-hydrogen) atoms. The number of rotatable bonds is 6. The third kappa shape index (κ3) is 4.37. The highest BCUT2D eigenvalue weighted by Gasteiger charge is 2.30. The summed E-state index contributed by atoms with van der Waals surface area (Å²) in [6, 6.07) is 7.19. The molecule has 8 heteroatoms. The van der Waals surface area contributed by atoms with Gasteiger partial charge in [0.2, 0.25) is 5.91 Å². The second kappa shape index (κ2) is 8.27. The van der Waals surface area contributed by atoms with Crippen molar-refractivity contribution < 1.29 is 19.1 Å². The van der Waals surface area contributed by atoms with E-state index in [1.807, 2.05) is 24.3 Å². The van der Waals surface area contributed by atoms with Crippen LogP contribution in [0.4, 0.5) is 0 Å². The Bertz CT molecular complexity index is 787. The van der Waals surface area contributed by atoms with Crippen molar-refractivity contribution in [1.82, 2.24) is 9.88 Å². The number of thiazole rings is 1. The number of primary amides is 1. The summed E-state index contributed by atoms with van der Waals surface area (Å²) in [5.74, 6) is -1.34. The van der Waals surface area contributed by atoms with E-state index in [1.54, 1.807) is 11.3 Å². The first kappa shape index (κ1) is 18.3. The molecule has 1 aliphatic heterocycles. The minimum atomic E-state index is -0.599. The highest BCUT2D eigenvalue weighted by Crippen LogP contribution is 2.22. The summed E-state index contributed by atoms with van der Waals surface area (Å²) >= 11 is 1.54. The highest BCUT2D eigenvalue weighted by molar-refractivity contribution is 7.18. The van der Waals surface area contributed by atoms with Crippen molar-refractivity contribution >= 4 is 39.3 Å². The smallest absolute Gasteiger partial charge is 0.306 e. The molecule has 0 saturated carbocycles. The molecular formula is C18H21N3O4S. The number of hydrogen-bond acceptors (Lipinski definition) is 6. The summed E-state index contributed by atoms with van der Waals surface area (Å²) in [5, 5.41) is 0.860. The monoisotopic (exact) mass is 375 g/mol. The maximum atomic E-state index is 12.2. The molecule has 0 spiro atoms. The number of benzene rings is 1. The van der Waals surface area contributed by atoms with Gasteiger partial charge in [0.15, 0.2) is 6.61 Å². The number of ether oxygens (including phenoxy) is 1. The predicted molar refractivity (Wildman–Crippen MR) is 97.4 cm³/mol. The molecule has 0 radical (unpaired) electrons. The molecule has 2 heterocycles. The highest BCUT2D eigenvalue weighted by atomic mass is 32.1. The van der Waals surface area contributed by atoms with Crippen LogP contribution in [0.15, 0.2) is 24.3 Å². The Morgan fingerprint density at radius 2 is 2.08 bits per heavy atom. The van der Waals surface area contributed by atoms with Crippen LogP contribution in [0.5, 0.6) is 0 Å². The van der Waals surface area contributed by atoms with Crippen molar-refractivity contribution in [1.29, 1.82) is 0 Å². The van der Waals surface area contributed by atoms with Crippen LogP contribution >= 0.6 is 11.3 Å². The number of aryl methyl sites for hydroxylation is 1. The second-order valence-corrected chi connectivity index (χ2v) is 7.35. The Labute approximate surface area is 155 Å². The number of nitrogens with two attached hydrogens (primary N) is 1. The number of carbonyl (C=O) groups excluding carboxylic acids is 3. The van der Waals surface area contributed by atoms with Crippen LogP contribution in [0.2, 0.25) is 0 Å². The number of hydrogen-bond donors (Lipinski definition) is 1. The van der Waals surface area contributed by atoms with Gasteiger partial charge in [-0.25, -0.2) is 4.98 Å². The summed E-state index contributed by atoms with van der Waals surface area (Å²) in [7, 11) is 0. The molecule has 1 fully saturated rings. The number of likely N-dealkylation sites (tertiary alicyclic amines) is 1. The molecule has 1 saturated heterocycles. The number of nitrogens with zero attached hydrogens (tertiary/aromatic N) is 2. The lowest BCUT2D eigenvalue weighted by molar-refractivity contribution is -0.154. The Balaban J connectivity index is 1.47. The lowest BCUT2D eigenvalue weighted by Gasteiger charge is -2.33. The number of esters is 1. The normalized spacial score (nSPS) is 17.2. The molecule has 2 aromatic rings. The van der Waals surface area contributed by atoms with Gasteiger partial charge in [0.05, 0.1) is 21.6 Å². The summed E-state index contributed by atoms with van der Waals surface area (Å²) in [5.41, 5.74) is 6.26. The zero-order valence-electron chi connectivity index (χ0n) is 14.3. The molecular weight excluding hydrogens is 354 g/mol. The van der Waals surface area contributed by atoms with E-state index in [0.717, 1.165) is 28.1 Å². The lowest BCUT2D eigenvalue weighted by atomic mass is 10.0.